The van der Waals surface area contributed by atoms with Crippen molar-refractivity contribution in [2.24, 2.45) is 5.73 Å². The fraction of sp³-hybridized carbons (Fsp3) is 0.467. The lowest BCUT2D eigenvalue weighted by atomic mass is 9.84. The molecule has 0 amide bonds. The van der Waals surface area contributed by atoms with E-state index in [4.69, 9.17) is 5.73 Å². The summed E-state index contributed by atoms with van der Waals surface area (Å²) in [5, 5.41) is 4.81. The van der Waals surface area contributed by atoms with Crippen molar-refractivity contribution in [2.75, 3.05) is 19.6 Å². The van der Waals surface area contributed by atoms with E-state index >= 15 is 0 Å². The van der Waals surface area contributed by atoms with Crippen molar-refractivity contribution in [3.8, 4) is 0 Å². The SMILES string of the molecule is CC(C)(CNCCCN)c1c[nH]c2ccccc12. The van der Waals surface area contributed by atoms with Crippen LogP contribution in [0.5, 0.6) is 0 Å². The van der Waals surface area contributed by atoms with Crippen LogP contribution in [0.3, 0.4) is 0 Å². The van der Waals surface area contributed by atoms with Crippen LogP contribution in [0.15, 0.2) is 30.5 Å². The van der Waals surface area contributed by atoms with Crippen LogP contribution >= 0.6 is 0 Å². The van der Waals surface area contributed by atoms with Crippen LogP contribution in [0.25, 0.3) is 10.9 Å². The molecule has 1 aromatic heterocycles. The number of nitrogens with one attached hydrogen (secondary N) is 2. The first-order chi connectivity index (χ1) is 8.65. The fourth-order valence-corrected chi connectivity index (χ4v) is 2.35. The van der Waals surface area contributed by atoms with Crippen LogP contribution in [0.2, 0.25) is 0 Å². The fourth-order valence-electron chi connectivity index (χ4n) is 2.35. The highest BCUT2D eigenvalue weighted by Crippen LogP contribution is 2.29. The quantitative estimate of drug-likeness (QED) is 0.684. The smallest absolute Gasteiger partial charge is 0.0457 e. The molecule has 98 valence electrons. The number of para-hydroxylation sites is 1. The summed E-state index contributed by atoms with van der Waals surface area (Å²) >= 11 is 0. The molecule has 0 bridgehead atoms. The molecule has 1 aromatic carbocycles. The van der Waals surface area contributed by atoms with Gasteiger partial charge in [0.05, 0.1) is 0 Å². The zero-order valence-corrected chi connectivity index (χ0v) is 11.3. The summed E-state index contributed by atoms with van der Waals surface area (Å²) in [6.45, 7) is 7.26. The van der Waals surface area contributed by atoms with E-state index < -0.39 is 0 Å². The molecule has 1 heterocycles. The van der Waals surface area contributed by atoms with E-state index in [-0.39, 0.29) is 5.41 Å². The molecule has 0 aliphatic carbocycles. The first-order valence-electron chi connectivity index (χ1n) is 6.62. The number of aromatic nitrogens is 1. The Balaban J connectivity index is 2.13. The van der Waals surface area contributed by atoms with Gasteiger partial charge in [-0.2, -0.15) is 0 Å². The van der Waals surface area contributed by atoms with Gasteiger partial charge in [0, 0.05) is 29.1 Å². The Hall–Kier alpha value is -1.32. The number of hydrogen-bond acceptors (Lipinski definition) is 2. The molecule has 2 aromatic rings. The predicted octanol–water partition coefficient (Wildman–Crippen LogP) is 2.38. The summed E-state index contributed by atoms with van der Waals surface area (Å²) in [4.78, 5) is 3.35. The lowest BCUT2D eigenvalue weighted by Gasteiger charge is -2.25. The van der Waals surface area contributed by atoms with E-state index in [0.717, 1.165) is 26.1 Å². The van der Waals surface area contributed by atoms with E-state index in [9.17, 15) is 0 Å². The van der Waals surface area contributed by atoms with Gasteiger partial charge in [0.2, 0.25) is 0 Å². The molecule has 3 heteroatoms. The van der Waals surface area contributed by atoms with Crippen LogP contribution in [-0.2, 0) is 5.41 Å². The number of rotatable bonds is 6. The Bertz CT molecular complexity index is 499. The number of fused-ring (bicyclic) bond motifs is 1. The molecular formula is C15H23N3. The van der Waals surface area contributed by atoms with Gasteiger partial charge in [-0.05, 0) is 31.1 Å². The third-order valence-electron chi connectivity index (χ3n) is 3.44. The molecule has 0 aliphatic heterocycles. The molecule has 0 spiro atoms. The number of nitrogens with two attached hydrogens (primary N) is 1. The van der Waals surface area contributed by atoms with E-state index in [1.54, 1.807) is 0 Å². The summed E-state index contributed by atoms with van der Waals surface area (Å²) < 4.78 is 0. The highest BCUT2D eigenvalue weighted by Gasteiger charge is 2.23. The molecule has 4 N–H and O–H groups in total. The summed E-state index contributed by atoms with van der Waals surface area (Å²) in [5.74, 6) is 0. The van der Waals surface area contributed by atoms with Gasteiger partial charge in [-0.3, -0.25) is 0 Å². The minimum atomic E-state index is 0.119. The first kappa shape index (κ1) is 13.1. The minimum absolute atomic E-state index is 0.119. The average Bonchev–Trinajstić information content (AvgIpc) is 2.79. The molecule has 0 radical (unpaired) electrons. The number of H-pyrrole nitrogens is 1. The third-order valence-corrected chi connectivity index (χ3v) is 3.44. The van der Waals surface area contributed by atoms with E-state index in [1.165, 1.54) is 16.5 Å². The van der Waals surface area contributed by atoms with Crippen LogP contribution in [0.4, 0.5) is 0 Å². The molecular weight excluding hydrogens is 222 g/mol. The number of aromatic amines is 1. The standard InChI is InChI=1S/C15H23N3/c1-15(2,11-17-9-5-8-16)13-10-18-14-7-4-3-6-12(13)14/h3-4,6-7,10,17-18H,5,8-9,11,16H2,1-2H3. The second kappa shape index (κ2) is 5.55. The zero-order chi connectivity index (χ0) is 13.0. The summed E-state index contributed by atoms with van der Waals surface area (Å²) in [6, 6.07) is 8.46. The van der Waals surface area contributed by atoms with Gasteiger partial charge in [-0.1, -0.05) is 32.0 Å². The van der Waals surface area contributed by atoms with E-state index in [0.29, 0.717) is 0 Å². The van der Waals surface area contributed by atoms with Crippen molar-refractivity contribution in [1.29, 1.82) is 0 Å². The van der Waals surface area contributed by atoms with Gasteiger partial charge in [0.15, 0.2) is 0 Å². The second-order valence-electron chi connectivity index (χ2n) is 5.45. The molecule has 0 saturated heterocycles. The molecule has 18 heavy (non-hydrogen) atoms. The summed E-state index contributed by atoms with van der Waals surface area (Å²) in [6.07, 6.45) is 3.17. The minimum Gasteiger partial charge on any atom is -0.361 e. The topological polar surface area (TPSA) is 53.8 Å². The maximum absolute atomic E-state index is 5.50. The van der Waals surface area contributed by atoms with Crippen molar-refractivity contribution in [2.45, 2.75) is 25.7 Å². The largest absolute Gasteiger partial charge is 0.361 e. The van der Waals surface area contributed by atoms with Crippen LogP contribution < -0.4 is 11.1 Å². The molecule has 0 aliphatic rings. The molecule has 0 atom stereocenters. The Morgan fingerprint density at radius 3 is 2.83 bits per heavy atom. The third kappa shape index (κ3) is 2.74. The predicted molar refractivity (Wildman–Crippen MR) is 77.9 cm³/mol. The Morgan fingerprint density at radius 2 is 2.06 bits per heavy atom. The summed E-state index contributed by atoms with van der Waals surface area (Å²) in [7, 11) is 0. The maximum Gasteiger partial charge on any atom is 0.0457 e. The highest BCUT2D eigenvalue weighted by molar-refractivity contribution is 5.84. The van der Waals surface area contributed by atoms with Crippen molar-refractivity contribution in [3.05, 3.63) is 36.0 Å². The summed E-state index contributed by atoms with van der Waals surface area (Å²) in [5.41, 5.74) is 8.21. The van der Waals surface area contributed by atoms with Gasteiger partial charge >= 0.3 is 0 Å². The first-order valence-corrected chi connectivity index (χ1v) is 6.62. The van der Waals surface area contributed by atoms with Gasteiger partial charge in [0.1, 0.15) is 0 Å². The molecule has 0 fully saturated rings. The van der Waals surface area contributed by atoms with Crippen molar-refractivity contribution in [3.63, 3.8) is 0 Å². The van der Waals surface area contributed by atoms with Crippen LogP contribution in [0, 0.1) is 0 Å². The highest BCUT2D eigenvalue weighted by atomic mass is 14.9. The lowest BCUT2D eigenvalue weighted by molar-refractivity contribution is 0.470. The monoisotopic (exact) mass is 245 g/mol. The molecule has 0 unspecified atom stereocenters. The maximum atomic E-state index is 5.50. The Morgan fingerprint density at radius 1 is 1.28 bits per heavy atom. The molecule has 0 saturated carbocycles. The lowest BCUT2D eigenvalue weighted by Crippen LogP contribution is -2.33. The van der Waals surface area contributed by atoms with Crippen molar-refractivity contribution < 1.29 is 0 Å². The van der Waals surface area contributed by atoms with Gasteiger partial charge in [-0.25, -0.2) is 0 Å². The van der Waals surface area contributed by atoms with Crippen molar-refractivity contribution in [1.82, 2.24) is 10.3 Å². The Labute approximate surface area is 109 Å². The zero-order valence-electron chi connectivity index (χ0n) is 11.3. The van der Waals surface area contributed by atoms with Crippen molar-refractivity contribution >= 4 is 10.9 Å². The van der Waals surface area contributed by atoms with E-state index in [1.807, 2.05) is 0 Å². The van der Waals surface area contributed by atoms with Crippen LogP contribution in [-0.4, -0.2) is 24.6 Å². The van der Waals surface area contributed by atoms with Gasteiger partial charge in [-0.15, -0.1) is 0 Å². The van der Waals surface area contributed by atoms with Gasteiger partial charge < -0.3 is 16.0 Å². The van der Waals surface area contributed by atoms with Crippen LogP contribution in [0.1, 0.15) is 25.8 Å². The second-order valence-corrected chi connectivity index (χ2v) is 5.45. The number of benzene rings is 1. The normalized spacial score (nSPS) is 12.2. The van der Waals surface area contributed by atoms with E-state index in [2.05, 4.69) is 54.6 Å². The Kier molecular flexibility index (Phi) is 4.04. The van der Waals surface area contributed by atoms with Gasteiger partial charge in [0.25, 0.3) is 0 Å². The number of hydrogen-bond donors (Lipinski definition) is 3. The molecule has 3 nitrogen and oxygen atoms in total. The average molecular weight is 245 g/mol. The molecule has 2 rings (SSSR count).